The Morgan fingerprint density at radius 3 is 1.58 bits per heavy atom. The summed E-state index contributed by atoms with van der Waals surface area (Å²) >= 11 is 0. The molecule has 2 heteroatoms. The molecule has 0 aromatic heterocycles. The van der Waals surface area contributed by atoms with Crippen molar-refractivity contribution in [1.82, 2.24) is 0 Å². The largest absolute Gasteiger partial charge is 0.145 e. The first-order chi connectivity index (χ1) is 5.93. The third-order valence-corrected chi connectivity index (χ3v) is 1.31. The summed E-state index contributed by atoms with van der Waals surface area (Å²) in [6.45, 7) is 0. The van der Waals surface area contributed by atoms with Crippen LogP contribution in [0.15, 0.2) is 59.8 Å². The lowest BCUT2D eigenvalue weighted by atomic mass is 10.3. The van der Waals surface area contributed by atoms with E-state index in [4.69, 9.17) is 0 Å². The van der Waals surface area contributed by atoms with E-state index in [1.54, 1.807) is 24.3 Å². The summed E-state index contributed by atoms with van der Waals surface area (Å²) in [5.41, 5.74) is 0.422. The lowest BCUT2D eigenvalue weighted by Crippen LogP contribution is -1.54. The number of hydrogen-bond acceptors (Lipinski definition) is 2. The molecule has 0 amide bonds. The molecule has 0 unspecified atom stereocenters. The maximum Gasteiger partial charge on any atom is 0.107 e. The van der Waals surface area contributed by atoms with Crippen LogP contribution in [0.5, 0.6) is 0 Å². The maximum atomic E-state index is 10.2. The van der Waals surface area contributed by atoms with Crippen molar-refractivity contribution in [2.45, 2.75) is 0 Å². The van der Waals surface area contributed by atoms with Gasteiger partial charge in [-0.15, -0.1) is 4.91 Å². The summed E-state index contributed by atoms with van der Waals surface area (Å²) in [5.74, 6) is 0. The van der Waals surface area contributed by atoms with Gasteiger partial charge in [0.1, 0.15) is 5.69 Å². The van der Waals surface area contributed by atoms with Gasteiger partial charge in [-0.25, -0.2) is 0 Å². The first-order valence-electron chi connectivity index (χ1n) is 3.65. The van der Waals surface area contributed by atoms with Gasteiger partial charge >= 0.3 is 0 Å². The molecule has 2 nitrogen and oxygen atoms in total. The molecule has 0 aliphatic rings. The monoisotopic (exact) mass is 159 g/mol. The average Bonchev–Trinajstić information content (AvgIpc) is 2.14. The molecule has 12 heavy (non-hydrogen) atoms. The highest BCUT2D eigenvalue weighted by atomic mass is 16.3. The van der Waals surface area contributed by atoms with E-state index in [0.717, 1.165) is 0 Å². The van der Waals surface area contributed by atoms with Crippen molar-refractivity contribution in [2.24, 2.45) is 5.18 Å². The zero-order chi connectivity index (χ0) is 8.65. The lowest BCUT2D eigenvalue weighted by molar-refractivity contribution is 1.51. The van der Waals surface area contributed by atoms with Crippen molar-refractivity contribution in [1.29, 1.82) is 0 Å². The third kappa shape index (κ3) is 2.92. The van der Waals surface area contributed by atoms with Crippen LogP contribution in [-0.2, 0) is 0 Å². The Labute approximate surface area is 71.2 Å². The third-order valence-electron chi connectivity index (χ3n) is 1.31. The fourth-order valence-corrected chi connectivity index (χ4v) is 0.745. The minimum absolute atomic E-state index is 0.422. The molecule has 60 valence electrons. The fraction of sp³-hybridized carbons (Fsp3) is 0. The van der Waals surface area contributed by atoms with E-state index in [-0.39, 0.29) is 0 Å². The maximum absolute atomic E-state index is 10.2. The molecule has 1 aromatic carbocycles. The van der Waals surface area contributed by atoms with Crippen molar-refractivity contribution in [3.8, 4) is 0 Å². The van der Waals surface area contributed by atoms with Gasteiger partial charge in [-0.05, 0) is 17.3 Å². The lowest BCUT2D eigenvalue weighted by Gasteiger charge is -1.78. The van der Waals surface area contributed by atoms with Crippen LogP contribution in [0.3, 0.4) is 0 Å². The minimum atomic E-state index is 0.422. The van der Waals surface area contributed by atoms with E-state index >= 15 is 0 Å². The van der Waals surface area contributed by atoms with Gasteiger partial charge in [0.15, 0.2) is 0 Å². The summed E-state index contributed by atoms with van der Waals surface area (Å²) in [6, 6.07) is 16.2. The van der Waals surface area contributed by atoms with E-state index in [2.05, 4.69) is 5.18 Å². The number of nitrogens with zero attached hydrogens (tertiary/aromatic N) is 1. The van der Waals surface area contributed by atoms with Crippen LogP contribution < -0.4 is 0 Å². The molecular formula is C10H9NO. The highest BCUT2D eigenvalue weighted by Gasteiger charge is 1.78. The van der Waals surface area contributed by atoms with Crippen molar-refractivity contribution >= 4 is 5.69 Å². The summed E-state index contributed by atoms with van der Waals surface area (Å²) in [7, 11) is 0. The van der Waals surface area contributed by atoms with Crippen LogP contribution in [0.4, 0.5) is 5.69 Å². The molecule has 0 heterocycles. The smallest absolute Gasteiger partial charge is 0.107 e. The Balaban J connectivity index is 3.15. The number of rotatable bonds is 1. The van der Waals surface area contributed by atoms with Gasteiger partial charge in [-0.2, -0.15) is 0 Å². The van der Waals surface area contributed by atoms with Gasteiger partial charge in [0.05, 0.1) is 0 Å². The van der Waals surface area contributed by atoms with Crippen LogP contribution in [0, 0.1) is 4.91 Å². The van der Waals surface area contributed by atoms with Crippen molar-refractivity contribution in [3.63, 3.8) is 0 Å². The van der Waals surface area contributed by atoms with Crippen LogP contribution in [0.2, 0.25) is 0 Å². The van der Waals surface area contributed by atoms with Gasteiger partial charge in [-0.1, -0.05) is 42.5 Å². The Morgan fingerprint density at radius 1 is 0.750 bits per heavy atom. The predicted molar refractivity (Wildman–Crippen MR) is 49.5 cm³/mol. The van der Waals surface area contributed by atoms with Crippen molar-refractivity contribution in [2.75, 3.05) is 0 Å². The zero-order valence-electron chi connectivity index (χ0n) is 6.55. The van der Waals surface area contributed by atoms with Gasteiger partial charge in [0.25, 0.3) is 0 Å². The summed E-state index contributed by atoms with van der Waals surface area (Å²) in [6.07, 6.45) is 0. The van der Waals surface area contributed by atoms with Gasteiger partial charge in [0.2, 0.25) is 0 Å². The van der Waals surface area contributed by atoms with Crippen molar-refractivity contribution < 1.29 is 0 Å². The van der Waals surface area contributed by atoms with E-state index < -0.39 is 0 Å². The average molecular weight is 159 g/mol. The molecule has 0 spiro atoms. The Bertz CT molecular complexity index is 284. The van der Waals surface area contributed by atoms with Gasteiger partial charge in [-0.3, -0.25) is 0 Å². The molecule has 0 aliphatic carbocycles. The molecule has 0 fully saturated rings. The molecule has 0 aliphatic heterocycles. The molecule has 0 bridgehead atoms. The standard InChI is InChI=1S/C10H9NO/c12-11-10-8-6-4-2-1-3-5-7-9-10/h1-9H. The van der Waals surface area contributed by atoms with Crippen LogP contribution >= 0.6 is 0 Å². The second kappa shape index (κ2) is 5.02. The molecule has 0 saturated heterocycles. The predicted octanol–water partition coefficient (Wildman–Crippen LogP) is 3.21. The van der Waals surface area contributed by atoms with Crippen LogP contribution in [-0.4, -0.2) is 0 Å². The Hall–Kier alpha value is -1.70. The quantitative estimate of drug-likeness (QED) is 0.578. The highest BCUT2D eigenvalue weighted by Crippen LogP contribution is 2.04. The van der Waals surface area contributed by atoms with E-state index in [9.17, 15) is 4.91 Å². The summed E-state index contributed by atoms with van der Waals surface area (Å²) in [4.78, 5) is 10.2. The second-order valence-corrected chi connectivity index (χ2v) is 2.20. The first kappa shape index (κ1) is 8.40. The van der Waals surface area contributed by atoms with Crippen molar-refractivity contribution in [3.05, 3.63) is 59.5 Å². The first-order valence-corrected chi connectivity index (χ1v) is 3.65. The normalized spacial score (nSPS) is 8.33. The number of nitroso groups, excluding NO2 is 1. The molecule has 0 radical (unpaired) electrons. The molecule has 1 aromatic rings. The SMILES string of the molecule is O=Nc1ccccccccc1. The zero-order valence-corrected chi connectivity index (χ0v) is 6.55. The number of hydrogen-bond donors (Lipinski definition) is 0. The molecule has 1 rings (SSSR count). The minimum Gasteiger partial charge on any atom is -0.145 e. The van der Waals surface area contributed by atoms with Gasteiger partial charge < -0.3 is 0 Å². The molecule has 0 atom stereocenters. The van der Waals surface area contributed by atoms with E-state index in [1.807, 2.05) is 30.3 Å². The highest BCUT2D eigenvalue weighted by molar-refractivity contribution is 5.32. The fourth-order valence-electron chi connectivity index (χ4n) is 0.745. The van der Waals surface area contributed by atoms with Crippen LogP contribution in [0.1, 0.15) is 0 Å². The summed E-state index contributed by atoms with van der Waals surface area (Å²) in [5, 5.41) is 2.84. The van der Waals surface area contributed by atoms with Crippen LogP contribution in [0.25, 0.3) is 0 Å². The van der Waals surface area contributed by atoms with E-state index in [0.29, 0.717) is 5.69 Å². The molecule has 0 N–H and O–H groups in total. The van der Waals surface area contributed by atoms with E-state index in [1.165, 1.54) is 0 Å². The Kier molecular flexibility index (Phi) is 3.51. The summed E-state index contributed by atoms with van der Waals surface area (Å²) < 4.78 is 0. The molecular weight excluding hydrogens is 150 g/mol. The Morgan fingerprint density at radius 2 is 1.17 bits per heavy atom. The topological polar surface area (TPSA) is 29.4 Å². The second-order valence-electron chi connectivity index (χ2n) is 2.20. The van der Waals surface area contributed by atoms with Gasteiger partial charge in [0, 0.05) is 0 Å². The molecule has 0 saturated carbocycles.